The molecule has 1 aromatic rings. The molecule has 112 valence electrons. The molecule has 0 bridgehead atoms. The number of sulfonamides is 1. The van der Waals surface area contributed by atoms with E-state index in [-0.39, 0.29) is 10.9 Å². The van der Waals surface area contributed by atoms with Gasteiger partial charge in [0.25, 0.3) is 10.0 Å². The predicted molar refractivity (Wildman–Crippen MR) is 80.6 cm³/mol. The lowest BCUT2D eigenvalue weighted by molar-refractivity contribution is 0.515. The summed E-state index contributed by atoms with van der Waals surface area (Å²) < 4.78 is 24.2. The van der Waals surface area contributed by atoms with Crippen LogP contribution in [0.1, 0.15) is 31.7 Å². The highest BCUT2D eigenvalue weighted by atomic mass is 32.2. The molecular weight excluding hydrogens is 276 g/mol. The average molecular weight is 298 g/mol. The highest BCUT2D eigenvalue weighted by Gasteiger charge is 2.15. The fourth-order valence-corrected chi connectivity index (χ4v) is 2.56. The topological polar surface area (TPSA) is 96.6 Å². The lowest BCUT2D eigenvalue weighted by Gasteiger charge is -2.15. The maximum absolute atomic E-state index is 12.1. The first kappa shape index (κ1) is 16.6. The van der Waals surface area contributed by atoms with Gasteiger partial charge in [0.05, 0.1) is 10.9 Å². The van der Waals surface area contributed by atoms with Gasteiger partial charge in [0, 0.05) is 6.21 Å². The number of nitrogens with two attached hydrogens (primary N) is 1. The van der Waals surface area contributed by atoms with Crippen LogP contribution in [0.4, 0.5) is 0 Å². The fraction of sp³-hybridized carbons (Fsp3) is 0.462. The summed E-state index contributed by atoms with van der Waals surface area (Å²) in [4.78, 5) is 2.58. The monoisotopic (exact) mass is 298 g/mol. The molecule has 1 aromatic carbocycles. The maximum atomic E-state index is 12.1. The molecular formula is C13H22N4O2S. The van der Waals surface area contributed by atoms with Gasteiger partial charge in [-0.25, -0.2) is 13.8 Å². The summed E-state index contributed by atoms with van der Waals surface area (Å²) in [6, 6.07) is 6.42. The summed E-state index contributed by atoms with van der Waals surface area (Å²) in [6.07, 6.45) is 4.22. The SMILES string of the molecule is CCCCC(C=NN)NNS(=O)(=O)c1ccc(C)cc1. The van der Waals surface area contributed by atoms with Gasteiger partial charge in [0.2, 0.25) is 0 Å². The molecule has 0 aliphatic heterocycles. The Labute approximate surface area is 120 Å². The van der Waals surface area contributed by atoms with Crippen LogP contribution in [0, 0.1) is 6.92 Å². The van der Waals surface area contributed by atoms with Gasteiger partial charge in [-0.05, 0) is 25.5 Å². The summed E-state index contributed by atoms with van der Waals surface area (Å²) in [5.74, 6) is 5.12. The standard InChI is InChI=1S/C13H22N4O2S/c1-3-4-5-12(10-15-14)16-17-20(18,19)13-8-6-11(2)7-9-13/h6-10,12,16-17H,3-5,14H2,1-2H3. The molecule has 1 unspecified atom stereocenters. The number of benzene rings is 1. The van der Waals surface area contributed by atoms with Crippen molar-refractivity contribution in [1.82, 2.24) is 10.3 Å². The molecule has 6 nitrogen and oxygen atoms in total. The minimum Gasteiger partial charge on any atom is -0.324 e. The molecule has 0 aromatic heterocycles. The minimum absolute atomic E-state index is 0.217. The minimum atomic E-state index is -3.58. The van der Waals surface area contributed by atoms with Gasteiger partial charge in [-0.1, -0.05) is 37.5 Å². The number of aryl methyl sites for hydroxylation is 1. The number of rotatable bonds is 8. The Morgan fingerprint density at radius 3 is 2.55 bits per heavy atom. The number of hydrogen-bond acceptors (Lipinski definition) is 5. The number of nitrogens with one attached hydrogen (secondary N) is 2. The van der Waals surface area contributed by atoms with Crippen molar-refractivity contribution in [2.75, 3.05) is 0 Å². The summed E-state index contributed by atoms with van der Waals surface area (Å²) in [5.41, 5.74) is 3.75. The van der Waals surface area contributed by atoms with E-state index in [1.807, 2.05) is 6.92 Å². The zero-order valence-electron chi connectivity index (χ0n) is 11.8. The Morgan fingerprint density at radius 1 is 1.35 bits per heavy atom. The first-order valence-electron chi connectivity index (χ1n) is 6.57. The smallest absolute Gasteiger partial charge is 0.253 e. The van der Waals surface area contributed by atoms with Gasteiger partial charge in [-0.3, -0.25) is 0 Å². The molecule has 1 atom stereocenters. The summed E-state index contributed by atoms with van der Waals surface area (Å²) >= 11 is 0. The van der Waals surface area contributed by atoms with E-state index in [0.717, 1.165) is 24.8 Å². The maximum Gasteiger partial charge on any atom is 0.253 e. The zero-order chi connectivity index (χ0) is 15.0. The third-order valence-electron chi connectivity index (χ3n) is 2.84. The van der Waals surface area contributed by atoms with E-state index in [1.54, 1.807) is 24.3 Å². The molecule has 0 aliphatic rings. The van der Waals surface area contributed by atoms with Crippen molar-refractivity contribution in [1.29, 1.82) is 0 Å². The Hall–Kier alpha value is -1.44. The Bertz CT molecular complexity index is 526. The van der Waals surface area contributed by atoms with Gasteiger partial charge in [-0.15, -0.1) is 4.83 Å². The van der Waals surface area contributed by atoms with Crippen LogP contribution in [-0.2, 0) is 10.0 Å². The van der Waals surface area contributed by atoms with Crippen LogP contribution in [0.2, 0.25) is 0 Å². The molecule has 0 heterocycles. The van der Waals surface area contributed by atoms with Crippen LogP contribution < -0.4 is 16.1 Å². The third kappa shape index (κ3) is 5.28. The molecule has 0 saturated heterocycles. The van der Waals surface area contributed by atoms with Crippen LogP contribution in [0.3, 0.4) is 0 Å². The van der Waals surface area contributed by atoms with E-state index in [4.69, 9.17) is 5.84 Å². The number of nitrogens with zero attached hydrogens (tertiary/aromatic N) is 1. The number of hydrazine groups is 1. The Kier molecular flexibility index (Phi) is 6.63. The molecule has 20 heavy (non-hydrogen) atoms. The molecule has 0 saturated carbocycles. The zero-order valence-corrected chi connectivity index (χ0v) is 12.7. The summed E-state index contributed by atoms with van der Waals surface area (Å²) in [7, 11) is -3.58. The molecule has 7 heteroatoms. The number of hydrogen-bond donors (Lipinski definition) is 3. The average Bonchev–Trinajstić information content (AvgIpc) is 2.42. The molecule has 0 aliphatic carbocycles. The van der Waals surface area contributed by atoms with Crippen LogP contribution in [0.15, 0.2) is 34.3 Å². The highest BCUT2D eigenvalue weighted by molar-refractivity contribution is 7.89. The van der Waals surface area contributed by atoms with Crippen molar-refractivity contribution in [3.8, 4) is 0 Å². The van der Waals surface area contributed by atoms with E-state index >= 15 is 0 Å². The first-order valence-corrected chi connectivity index (χ1v) is 8.05. The summed E-state index contributed by atoms with van der Waals surface area (Å²) in [5, 5.41) is 3.45. The van der Waals surface area contributed by atoms with E-state index in [9.17, 15) is 8.42 Å². The van der Waals surface area contributed by atoms with Crippen molar-refractivity contribution in [2.24, 2.45) is 10.9 Å². The normalized spacial score (nSPS) is 13.7. The second-order valence-corrected chi connectivity index (χ2v) is 6.29. The molecule has 4 N–H and O–H groups in total. The van der Waals surface area contributed by atoms with E-state index in [0.29, 0.717) is 0 Å². The van der Waals surface area contributed by atoms with Gasteiger partial charge in [-0.2, -0.15) is 5.10 Å². The molecule has 1 rings (SSSR count). The number of hydrazone groups is 1. The predicted octanol–water partition coefficient (Wildman–Crippen LogP) is 1.28. The second-order valence-electron chi connectivity index (χ2n) is 4.61. The van der Waals surface area contributed by atoms with Gasteiger partial charge >= 0.3 is 0 Å². The van der Waals surface area contributed by atoms with E-state index in [2.05, 4.69) is 22.3 Å². The van der Waals surface area contributed by atoms with Crippen LogP contribution in [0.5, 0.6) is 0 Å². The van der Waals surface area contributed by atoms with Gasteiger partial charge in [0.1, 0.15) is 0 Å². The van der Waals surface area contributed by atoms with Crippen molar-refractivity contribution in [2.45, 2.75) is 44.0 Å². The summed E-state index contributed by atoms with van der Waals surface area (Å²) in [6.45, 7) is 3.97. The third-order valence-corrected chi connectivity index (χ3v) is 4.12. The quantitative estimate of drug-likeness (QED) is 0.382. The van der Waals surface area contributed by atoms with E-state index in [1.165, 1.54) is 6.21 Å². The Balaban J connectivity index is 2.67. The second kappa shape index (κ2) is 7.98. The van der Waals surface area contributed by atoms with Crippen LogP contribution in [0.25, 0.3) is 0 Å². The number of unbranched alkanes of at least 4 members (excludes halogenated alkanes) is 1. The van der Waals surface area contributed by atoms with Crippen LogP contribution in [-0.4, -0.2) is 20.7 Å². The van der Waals surface area contributed by atoms with Crippen molar-refractivity contribution in [3.63, 3.8) is 0 Å². The van der Waals surface area contributed by atoms with Crippen molar-refractivity contribution >= 4 is 16.2 Å². The van der Waals surface area contributed by atoms with Gasteiger partial charge in [0.15, 0.2) is 0 Å². The highest BCUT2D eigenvalue weighted by Crippen LogP contribution is 2.09. The Morgan fingerprint density at radius 2 is 2.00 bits per heavy atom. The van der Waals surface area contributed by atoms with Crippen LogP contribution >= 0.6 is 0 Å². The molecule has 0 radical (unpaired) electrons. The molecule has 0 amide bonds. The lowest BCUT2D eigenvalue weighted by atomic mass is 10.1. The van der Waals surface area contributed by atoms with Crippen molar-refractivity contribution in [3.05, 3.63) is 29.8 Å². The largest absolute Gasteiger partial charge is 0.324 e. The lowest BCUT2D eigenvalue weighted by Crippen LogP contribution is -2.45. The first-order chi connectivity index (χ1) is 9.49. The van der Waals surface area contributed by atoms with E-state index < -0.39 is 10.0 Å². The molecule has 0 spiro atoms. The van der Waals surface area contributed by atoms with Gasteiger partial charge < -0.3 is 5.84 Å². The van der Waals surface area contributed by atoms with Crippen molar-refractivity contribution < 1.29 is 8.42 Å². The fourth-order valence-electron chi connectivity index (χ4n) is 1.64. The molecule has 0 fully saturated rings.